The minimum atomic E-state index is -1.28. The van der Waals surface area contributed by atoms with Gasteiger partial charge in [-0.3, -0.25) is 0 Å². The van der Waals surface area contributed by atoms with Crippen LogP contribution < -0.4 is 0 Å². The molecule has 0 rings (SSSR count). The van der Waals surface area contributed by atoms with E-state index in [1.165, 1.54) is 0 Å². The Hall–Kier alpha value is 0.960. The second kappa shape index (κ2) is 5.96. The van der Waals surface area contributed by atoms with E-state index < -0.39 is 6.16 Å². The van der Waals surface area contributed by atoms with E-state index in [0.717, 1.165) is 0 Å². The van der Waals surface area contributed by atoms with Gasteiger partial charge in [0.25, 0.3) is 0 Å². The first-order chi connectivity index (χ1) is 2.27. The summed E-state index contributed by atoms with van der Waals surface area (Å²) in [5.74, 6) is 0. The molecule has 34 valence electrons. The molecular formula is CH5CaO3P. The Balaban J connectivity index is -0.0000000267. The molecule has 0 amide bonds. The van der Waals surface area contributed by atoms with Crippen LogP contribution in [0.3, 0.4) is 0 Å². The van der Waals surface area contributed by atoms with Gasteiger partial charge in [0, 0.05) is 0 Å². The van der Waals surface area contributed by atoms with Gasteiger partial charge in [0.2, 0.25) is 0 Å². The van der Waals surface area contributed by atoms with Gasteiger partial charge in [-0.15, -0.1) is 0 Å². The molecular weight excluding hydrogens is 131 g/mol. The molecule has 6 heavy (non-hydrogen) atoms. The number of carboxylic acid groups (broad SMARTS) is 1. The Bertz CT molecular complexity index is 52.5. The number of rotatable bonds is 0. The summed E-state index contributed by atoms with van der Waals surface area (Å²) in [4.78, 5) is 9.12. The molecule has 0 saturated carbocycles. The third-order valence-electron chi connectivity index (χ3n) is 0.101. The van der Waals surface area contributed by atoms with Crippen LogP contribution in [0.15, 0.2) is 0 Å². The van der Waals surface area contributed by atoms with E-state index in [2.05, 4.69) is 4.52 Å². The monoisotopic (exact) mass is 136 g/mol. The molecule has 0 aromatic carbocycles. The SMILES string of the molecule is O=C(O)OP.[Ca+2].[H-].[H-]. The summed E-state index contributed by atoms with van der Waals surface area (Å²) in [5.41, 5.74) is 0. The molecule has 5 heteroatoms. The fourth-order valence-electron chi connectivity index (χ4n) is 0. The summed E-state index contributed by atoms with van der Waals surface area (Å²) in [5, 5.41) is 7.48. The van der Waals surface area contributed by atoms with E-state index in [0.29, 0.717) is 0 Å². The first kappa shape index (κ1) is 10.0. The van der Waals surface area contributed by atoms with Crippen LogP contribution in [-0.4, -0.2) is 49.0 Å². The predicted molar refractivity (Wildman–Crippen MR) is 26.8 cm³/mol. The Morgan fingerprint density at radius 1 is 2.00 bits per heavy atom. The summed E-state index contributed by atoms with van der Waals surface area (Å²) >= 11 is 0. The maximum absolute atomic E-state index is 9.12. The molecule has 0 heterocycles. The first-order valence-corrected chi connectivity index (χ1v) is 1.34. The van der Waals surface area contributed by atoms with E-state index in [-0.39, 0.29) is 40.6 Å². The standard InChI is InChI=1S/CH3O3P.Ca.2H/c2-1(3)4-5;;;/h5H2,(H,2,3);;;/q;+2;2*-1. The van der Waals surface area contributed by atoms with Crippen molar-refractivity contribution in [2.24, 2.45) is 0 Å². The Kier molecular flexibility index (Phi) is 9.98. The molecule has 0 fully saturated rings. The van der Waals surface area contributed by atoms with Gasteiger partial charge >= 0.3 is 43.9 Å². The number of hydrogen-bond acceptors (Lipinski definition) is 2. The second-order valence-electron chi connectivity index (χ2n) is 0.384. The zero-order valence-electron chi connectivity index (χ0n) is 5.05. The first-order valence-electron chi connectivity index (χ1n) is 0.868. The van der Waals surface area contributed by atoms with Crippen LogP contribution in [0.5, 0.6) is 0 Å². The summed E-state index contributed by atoms with van der Waals surface area (Å²) in [6.45, 7) is 0. The maximum Gasteiger partial charge on any atom is 2.00 e. The van der Waals surface area contributed by atoms with Crippen molar-refractivity contribution < 1.29 is 17.3 Å². The zero-order valence-corrected chi connectivity index (χ0v) is 6.41. The van der Waals surface area contributed by atoms with Crippen molar-refractivity contribution in [2.45, 2.75) is 0 Å². The van der Waals surface area contributed by atoms with Crippen LogP contribution in [0.4, 0.5) is 4.79 Å². The van der Waals surface area contributed by atoms with Crippen LogP contribution >= 0.6 is 9.47 Å². The Labute approximate surface area is 70.3 Å². The van der Waals surface area contributed by atoms with Crippen molar-refractivity contribution >= 4 is 53.4 Å². The average Bonchev–Trinajstić information content (AvgIpc) is 1.38. The van der Waals surface area contributed by atoms with Crippen molar-refractivity contribution in [1.82, 2.24) is 0 Å². The molecule has 0 aromatic heterocycles. The van der Waals surface area contributed by atoms with Gasteiger partial charge < -0.3 is 12.5 Å². The van der Waals surface area contributed by atoms with E-state index in [1.807, 2.05) is 0 Å². The Morgan fingerprint density at radius 3 is 2.17 bits per heavy atom. The second-order valence-corrected chi connectivity index (χ2v) is 0.619. The van der Waals surface area contributed by atoms with E-state index >= 15 is 0 Å². The normalized spacial score (nSPS) is 5.50. The molecule has 1 atom stereocenters. The third-order valence-corrected chi connectivity index (χ3v) is 0.302. The summed E-state index contributed by atoms with van der Waals surface area (Å²) in [7, 11) is 1.59. The van der Waals surface area contributed by atoms with Gasteiger partial charge in [-0.05, 0) is 0 Å². The number of carbonyl (C=O) groups is 1. The average molecular weight is 136 g/mol. The van der Waals surface area contributed by atoms with Crippen LogP contribution in [-0.2, 0) is 4.52 Å². The van der Waals surface area contributed by atoms with Crippen molar-refractivity contribution in [3.8, 4) is 0 Å². The van der Waals surface area contributed by atoms with E-state index in [1.54, 1.807) is 9.47 Å². The topological polar surface area (TPSA) is 46.5 Å². The molecule has 0 spiro atoms. The molecule has 0 aromatic rings. The van der Waals surface area contributed by atoms with Gasteiger partial charge in [0.15, 0.2) is 0 Å². The summed E-state index contributed by atoms with van der Waals surface area (Å²) < 4.78 is 3.58. The molecule has 0 radical (unpaired) electrons. The largest absolute Gasteiger partial charge is 2.00 e. The van der Waals surface area contributed by atoms with Crippen molar-refractivity contribution in [1.29, 1.82) is 0 Å². The maximum atomic E-state index is 9.12. The summed E-state index contributed by atoms with van der Waals surface area (Å²) in [6, 6.07) is 0. The molecule has 0 aliphatic carbocycles. The molecule has 0 aliphatic rings. The zero-order chi connectivity index (χ0) is 4.28. The van der Waals surface area contributed by atoms with Crippen molar-refractivity contribution in [2.75, 3.05) is 0 Å². The van der Waals surface area contributed by atoms with Gasteiger partial charge in [-0.25, -0.2) is 4.79 Å². The van der Waals surface area contributed by atoms with Gasteiger partial charge in [0.05, 0.1) is 9.47 Å². The number of hydrogen-bond donors (Lipinski definition) is 1. The minimum absolute atomic E-state index is 0. The molecule has 0 aliphatic heterocycles. The van der Waals surface area contributed by atoms with Crippen molar-refractivity contribution in [3.63, 3.8) is 0 Å². The smallest absolute Gasteiger partial charge is 1.00 e. The fraction of sp³-hybridized carbons (Fsp3) is 0. The van der Waals surface area contributed by atoms with Crippen LogP contribution in [0.2, 0.25) is 0 Å². The van der Waals surface area contributed by atoms with Gasteiger partial charge in [-0.2, -0.15) is 0 Å². The molecule has 3 nitrogen and oxygen atoms in total. The van der Waals surface area contributed by atoms with Crippen LogP contribution in [0.25, 0.3) is 0 Å². The molecule has 0 bridgehead atoms. The van der Waals surface area contributed by atoms with Crippen molar-refractivity contribution in [3.05, 3.63) is 0 Å². The van der Waals surface area contributed by atoms with E-state index in [9.17, 15) is 0 Å². The van der Waals surface area contributed by atoms with Gasteiger partial charge in [0.1, 0.15) is 0 Å². The molecule has 1 N–H and O–H groups in total. The minimum Gasteiger partial charge on any atom is -1.00 e. The quantitative estimate of drug-likeness (QED) is 0.385. The molecule has 1 unspecified atom stereocenters. The Morgan fingerprint density at radius 2 is 2.17 bits per heavy atom. The summed E-state index contributed by atoms with van der Waals surface area (Å²) in [6.07, 6.45) is -1.28. The predicted octanol–water partition coefficient (Wildman–Crippen LogP) is 0.315. The van der Waals surface area contributed by atoms with Crippen LogP contribution in [0, 0.1) is 0 Å². The van der Waals surface area contributed by atoms with E-state index in [4.69, 9.17) is 9.90 Å². The molecule has 0 saturated heterocycles. The fourth-order valence-corrected chi connectivity index (χ4v) is 0. The third kappa shape index (κ3) is 8.88. The van der Waals surface area contributed by atoms with Crippen LogP contribution in [0.1, 0.15) is 2.85 Å². The van der Waals surface area contributed by atoms with Gasteiger partial charge in [-0.1, -0.05) is 0 Å².